The molecule has 3 nitrogen and oxygen atoms in total. The Morgan fingerprint density at radius 3 is 2.62 bits per heavy atom. The second kappa shape index (κ2) is 7.09. The predicted octanol–water partition coefficient (Wildman–Crippen LogP) is 3.81. The molecule has 21 heavy (non-hydrogen) atoms. The highest BCUT2D eigenvalue weighted by molar-refractivity contribution is 6.30. The summed E-state index contributed by atoms with van der Waals surface area (Å²) >= 11 is 5.76. The number of rotatable bonds is 5. The minimum Gasteiger partial charge on any atom is -0.494 e. The first-order chi connectivity index (χ1) is 10.1. The zero-order chi connectivity index (χ0) is 15.2. The molecule has 0 saturated heterocycles. The van der Waals surface area contributed by atoms with Crippen molar-refractivity contribution >= 4 is 17.5 Å². The number of amides is 1. The zero-order valence-electron chi connectivity index (χ0n) is 11.5. The van der Waals surface area contributed by atoms with Gasteiger partial charge in [0.05, 0.1) is 12.2 Å². The number of halogens is 2. The molecule has 0 aliphatic heterocycles. The predicted molar refractivity (Wildman–Crippen MR) is 80.2 cm³/mol. The van der Waals surface area contributed by atoms with Crippen LogP contribution in [0.1, 0.15) is 22.8 Å². The van der Waals surface area contributed by atoms with Crippen LogP contribution in [0.5, 0.6) is 5.75 Å². The maximum atomic E-state index is 13.5. The van der Waals surface area contributed by atoms with Crippen molar-refractivity contribution in [1.29, 1.82) is 0 Å². The third-order valence-electron chi connectivity index (χ3n) is 2.86. The molecule has 1 N–H and O–H groups in total. The normalized spacial score (nSPS) is 10.2. The lowest BCUT2D eigenvalue weighted by Crippen LogP contribution is -2.23. The minimum absolute atomic E-state index is 0.0616. The van der Waals surface area contributed by atoms with E-state index in [1.54, 1.807) is 0 Å². The molecule has 0 atom stereocenters. The zero-order valence-corrected chi connectivity index (χ0v) is 12.3. The molecule has 0 spiro atoms. The lowest BCUT2D eigenvalue weighted by molar-refractivity contribution is 0.0947. The van der Waals surface area contributed by atoms with Gasteiger partial charge in [0.2, 0.25) is 0 Å². The average Bonchev–Trinajstić information content (AvgIpc) is 2.49. The van der Waals surface area contributed by atoms with E-state index in [-0.39, 0.29) is 5.56 Å². The topological polar surface area (TPSA) is 38.3 Å². The van der Waals surface area contributed by atoms with Gasteiger partial charge < -0.3 is 10.1 Å². The first-order valence-electron chi connectivity index (χ1n) is 6.55. The largest absolute Gasteiger partial charge is 0.494 e. The minimum atomic E-state index is -0.594. The van der Waals surface area contributed by atoms with Gasteiger partial charge in [-0.1, -0.05) is 23.7 Å². The second-order valence-corrected chi connectivity index (χ2v) is 4.82. The van der Waals surface area contributed by atoms with E-state index in [4.69, 9.17) is 16.3 Å². The first-order valence-corrected chi connectivity index (χ1v) is 6.93. The van der Waals surface area contributed by atoms with Crippen molar-refractivity contribution in [3.05, 3.63) is 64.4 Å². The van der Waals surface area contributed by atoms with Crippen molar-refractivity contribution in [3.8, 4) is 5.75 Å². The lowest BCUT2D eigenvalue weighted by Gasteiger charge is -2.08. The third kappa shape index (κ3) is 4.20. The number of carbonyl (C=O) groups is 1. The maximum Gasteiger partial charge on any atom is 0.254 e. The van der Waals surface area contributed by atoms with Crippen molar-refractivity contribution in [2.75, 3.05) is 6.61 Å². The Morgan fingerprint density at radius 1 is 1.24 bits per heavy atom. The van der Waals surface area contributed by atoms with Crippen LogP contribution in [0.4, 0.5) is 4.39 Å². The van der Waals surface area contributed by atoms with Gasteiger partial charge in [0.25, 0.3) is 5.91 Å². The first kappa shape index (κ1) is 15.3. The van der Waals surface area contributed by atoms with E-state index in [2.05, 4.69) is 5.32 Å². The molecule has 0 aromatic heterocycles. The monoisotopic (exact) mass is 307 g/mol. The van der Waals surface area contributed by atoms with Crippen molar-refractivity contribution in [2.45, 2.75) is 13.5 Å². The van der Waals surface area contributed by atoms with Crippen LogP contribution in [0.25, 0.3) is 0 Å². The standard InChI is InChI=1S/C16H15ClFNO2/c1-2-21-13-6-3-11(4-7-13)10-19-16(20)14-9-12(17)5-8-15(14)18/h3-9H,2,10H2,1H3,(H,19,20). The number of hydrogen-bond acceptors (Lipinski definition) is 2. The Labute approximate surface area is 127 Å². The molecule has 110 valence electrons. The molecule has 2 rings (SSSR count). The van der Waals surface area contributed by atoms with Crippen molar-refractivity contribution in [2.24, 2.45) is 0 Å². The van der Waals surface area contributed by atoms with Gasteiger partial charge >= 0.3 is 0 Å². The summed E-state index contributed by atoms with van der Waals surface area (Å²) in [5.41, 5.74) is 0.836. The third-order valence-corrected chi connectivity index (χ3v) is 3.10. The van der Waals surface area contributed by atoms with E-state index < -0.39 is 11.7 Å². The summed E-state index contributed by atoms with van der Waals surface area (Å²) in [4.78, 5) is 11.9. The van der Waals surface area contributed by atoms with Crippen LogP contribution in [-0.4, -0.2) is 12.5 Å². The van der Waals surface area contributed by atoms with E-state index in [1.807, 2.05) is 31.2 Å². The van der Waals surface area contributed by atoms with Gasteiger partial charge in [-0.25, -0.2) is 4.39 Å². The molecule has 0 radical (unpaired) electrons. The van der Waals surface area contributed by atoms with Gasteiger partial charge in [0.1, 0.15) is 11.6 Å². The fourth-order valence-electron chi connectivity index (χ4n) is 1.82. The van der Waals surface area contributed by atoms with Gasteiger partial charge in [0.15, 0.2) is 0 Å². The van der Waals surface area contributed by atoms with E-state index >= 15 is 0 Å². The van der Waals surface area contributed by atoms with Gasteiger partial charge in [0, 0.05) is 11.6 Å². The Kier molecular flexibility index (Phi) is 5.17. The molecule has 0 aliphatic rings. The van der Waals surface area contributed by atoms with Crippen LogP contribution in [0.2, 0.25) is 5.02 Å². The van der Waals surface area contributed by atoms with Gasteiger partial charge in [-0.05, 0) is 42.8 Å². The fourth-order valence-corrected chi connectivity index (χ4v) is 1.99. The van der Waals surface area contributed by atoms with E-state index in [9.17, 15) is 9.18 Å². The van der Waals surface area contributed by atoms with E-state index in [0.29, 0.717) is 18.2 Å². The lowest BCUT2D eigenvalue weighted by atomic mass is 10.1. The summed E-state index contributed by atoms with van der Waals surface area (Å²) in [6, 6.07) is 11.2. The number of carbonyl (C=O) groups excluding carboxylic acids is 1. The molecule has 0 aliphatic carbocycles. The molecular weight excluding hydrogens is 293 g/mol. The van der Waals surface area contributed by atoms with E-state index in [1.165, 1.54) is 18.2 Å². The average molecular weight is 308 g/mol. The summed E-state index contributed by atoms with van der Waals surface area (Å²) in [5, 5.41) is 2.98. The van der Waals surface area contributed by atoms with Gasteiger partial charge in [-0.2, -0.15) is 0 Å². The number of nitrogens with one attached hydrogen (secondary N) is 1. The Morgan fingerprint density at radius 2 is 1.95 bits per heavy atom. The van der Waals surface area contributed by atoms with Crippen LogP contribution in [0, 0.1) is 5.82 Å². The summed E-state index contributed by atoms with van der Waals surface area (Å²) in [6.45, 7) is 2.81. The van der Waals surface area contributed by atoms with Crippen LogP contribution in [0.3, 0.4) is 0 Å². The van der Waals surface area contributed by atoms with Crippen LogP contribution >= 0.6 is 11.6 Å². The Balaban J connectivity index is 1.99. The smallest absolute Gasteiger partial charge is 0.254 e. The SMILES string of the molecule is CCOc1ccc(CNC(=O)c2cc(Cl)ccc2F)cc1. The molecule has 1 amide bonds. The van der Waals surface area contributed by atoms with Crippen molar-refractivity contribution < 1.29 is 13.9 Å². The Bertz CT molecular complexity index is 629. The molecule has 0 heterocycles. The fraction of sp³-hybridized carbons (Fsp3) is 0.188. The molecule has 2 aromatic rings. The number of ether oxygens (including phenoxy) is 1. The van der Waals surface area contributed by atoms with Crippen LogP contribution in [-0.2, 0) is 6.54 Å². The van der Waals surface area contributed by atoms with Gasteiger partial charge in [-0.15, -0.1) is 0 Å². The highest BCUT2D eigenvalue weighted by Crippen LogP contribution is 2.15. The quantitative estimate of drug-likeness (QED) is 0.912. The highest BCUT2D eigenvalue weighted by Gasteiger charge is 2.11. The highest BCUT2D eigenvalue weighted by atomic mass is 35.5. The van der Waals surface area contributed by atoms with Crippen molar-refractivity contribution in [1.82, 2.24) is 5.32 Å². The summed E-state index contributed by atoms with van der Waals surface area (Å²) in [7, 11) is 0. The molecule has 0 unspecified atom stereocenters. The van der Waals surface area contributed by atoms with E-state index in [0.717, 1.165) is 11.3 Å². The second-order valence-electron chi connectivity index (χ2n) is 4.38. The van der Waals surface area contributed by atoms with Crippen molar-refractivity contribution in [3.63, 3.8) is 0 Å². The number of hydrogen-bond donors (Lipinski definition) is 1. The van der Waals surface area contributed by atoms with Gasteiger partial charge in [-0.3, -0.25) is 4.79 Å². The summed E-state index contributed by atoms with van der Waals surface area (Å²) in [5.74, 6) is -0.319. The van der Waals surface area contributed by atoms with Crippen LogP contribution in [0.15, 0.2) is 42.5 Å². The number of benzene rings is 2. The summed E-state index contributed by atoms with van der Waals surface area (Å²) in [6.07, 6.45) is 0. The molecule has 0 fully saturated rings. The summed E-state index contributed by atoms with van der Waals surface area (Å²) < 4.78 is 18.9. The molecule has 2 aromatic carbocycles. The Hall–Kier alpha value is -2.07. The molecular formula is C16H15ClFNO2. The maximum absolute atomic E-state index is 13.5. The molecule has 5 heteroatoms. The van der Waals surface area contributed by atoms with Crippen LogP contribution < -0.4 is 10.1 Å². The molecule has 0 saturated carbocycles. The molecule has 0 bridgehead atoms.